The number of methoxy groups -OCH3 is 1. The Balaban J connectivity index is 3.75. The monoisotopic (exact) mass is 259 g/mol. The van der Waals surface area contributed by atoms with E-state index < -0.39 is 9.69 Å². The molecule has 0 aliphatic rings. The molecule has 0 aliphatic heterocycles. The molecule has 0 aromatic heterocycles. The number of rotatable bonds is 4. The topological polar surface area (TPSA) is 42.3 Å². The van der Waals surface area contributed by atoms with E-state index >= 15 is 0 Å². The number of halogens is 3. The van der Waals surface area contributed by atoms with Crippen LogP contribution in [0.4, 0.5) is 0 Å². The molecule has 0 radical (unpaired) electrons. The predicted octanol–water partition coefficient (Wildman–Crippen LogP) is 2.94. The van der Waals surface area contributed by atoms with Gasteiger partial charge in [-0.15, -0.1) is 0 Å². The second kappa shape index (κ2) is 6.51. The van der Waals surface area contributed by atoms with Gasteiger partial charge in [-0.25, -0.2) is 0 Å². The van der Waals surface area contributed by atoms with Crippen LogP contribution in [-0.4, -0.2) is 29.5 Å². The summed E-state index contributed by atoms with van der Waals surface area (Å²) in [5.74, 6) is -0.391. The third-order valence-electron chi connectivity index (χ3n) is 1.36. The van der Waals surface area contributed by atoms with E-state index in [-0.39, 0.29) is 12.7 Å². The van der Waals surface area contributed by atoms with E-state index in [2.05, 4.69) is 0 Å². The Morgan fingerprint density at radius 1 is 1.50 bits per heavy atom. The van der Waals surface area contributed by atoms with Crippen LogP contribution in [0.2, 0.25) is 0 Å². The van der Waals surface area contributed by atoms with Gasteiger partial charge in [-0.2, -0.15) is 0 Å². The normalized spacial score (nSPS) is 14.4. The molecule has 0 rings (SSSR count). The van der Waals surface area contributed by atoms with Crippen LogP contribution < -0.4 is 0 Å². The van der Waals surface area contributed by atoms with E-state index in [9.17, 15) is 0 Å². The van der Waals surface area contributed by atoms with Gasteiger partial charge in [-0.3, -0.25) is 5.41 Å². The van der Waals surface area contributed by atoms with Gasteiger partial charge in [-0.05, 0) is 13.0 Å². The maximum atomic E-state index is 7.19. The summed E-state index contributed by atoms with van der Waals surface area (Å²) in [5.41, 5.74) is 0. The highest BCUT2D eigenvalue weighted by Crippen LogP contribution is 2.27. The van der Waals surface area contributed by atoms with Crippen molar-refractivity contribution in [3.8, 4) is 0 Å². The summed E-state index contributed by atoms with van der Waals surface area (Å²) < 4.78 is 8.01. The molecule has 0 spiro atoms. The first kappa shape index (κ1) is 14.0. The van der Waals surface area contributed by atoms with E-state index in [0.717, 1.165) is 0 Å². The van der Waals surface area contributed by atoms with Crippen LogP contribution in [0, 0.1) is 5.41 Å². The molecule has 0 saturated heterocycles. The van der Waals surface area contributed by atoms with Crippen molar-refractivity contribution in [1.29, 1.82) is 5.41 Å². The van der Waals surface area contributed by atoms with Crippen LogP contribution >= 0.6 is 34.8 Å². The van der Waals surface area contributed by atoms with E-state index in [0.29, 0.717) is 0 Å². The van der Waals surface area contributed by atoms with Crippen molar-refractivity contribution in [3.05, 3.63) is 12.2 Å². The third-order valence-corrected chi connectivity index (χ3v) is 1.88. The quantitative estimate of drug-likeness (QED) is 0.365. The van der Waals surface area contributed by atoms with Gasteiger partial charge < -0.3 is 9.47 Å². The summed E-state index contributed by atoms with van der Waals surface area (Å²) in [5, 5.41) is 7.19. The molecule has 82 valence electrons. The van der Waals surface area contributed by atoms with Gasteiger partial charge in [-0.1, -0.05) is 40.9 Å². The molecule has 0 saturated carbocycles. The SMILES string of the molecule is CO[C@@H](C)/C=C/COC(=N)C(Cl)(Cl)Cl. The Morgan fingerprint density at radius 2 is 2.07 bits per heavy atom. The second-order valence-electron chi connectivity index (χ2n) is 2.51. The Morgan fingerprint density at radius 3 is 2.50 bits per heavy atom. The Bertz CT molecular complexity index is 213. The lowest BCUT2D eigenvalue weighted by Gasteiger charge is -2.12. The molecule has 0 unspecified atom stereocenters. The van der Waals surface area contributed by atoms with Gasteiger partial charge in [0.1, 0.15) is 6.61 Å². The van der Waals surface area contributed by atoms with Crippen LogP contribution in [0.1, 0.15) is 6.92 Å². The molecular formula is C8H12Cl3NO2. The molecule has 6 heteroatoms. The van der Waals surface area contributed by atoms with E-state index in [4.69, 9.17) is 49.7 Å². The molecule has 0 heterocycles. The third kappa shape index (κ3) is 6.49. The molecule has 1 atom stereocenters. The lowest BCUT2D eigenvalue weighted by molar-refractivity contribution is 0.155. The predicted molar refractivity (Wildman–Crippen MR) is 59.6 cm³/mol. The first-order valence-corrected chi connectivity index (χ1v) is 4.99. The first-order chi connectivity index (χ1) is 6.38. The summed E-state index contributed by atoms with van der Waals surface area (Å²) in [7, 11) is 1.60. The molecule has 0 aromatic carbocycles. The zero-order valence-corrected chi connectivity index (χ0v) is 10.2. The number of nitrogens with one attached hydrogen (secondary N) is 1. The van der Waals surface area contributed by atoms with Gasteiger partial charge in [0, 0.05) is 7.11 Å². The zero-order chi connectivity index (χ0) is 11.2. The Labute approximate surface area is 98.4 Å². The van der Waals surface area contributed by atoms with Crippen LogP contribution in [0.15, 0.2) is 12.2 Å². The number of hydrogen-bond donors (Lipinski definition) is 1. The minimum absolute atomic E-state index is 0.000505. The number of hydrogen-bond acceptors (Lipinski definition) is 3. The Kier molecular flexibility index (Phi) is 6.53. The van der Waals surface area contributed by atoms with Gasteiger partial charge >= 0.3 is 0 Å². The summed E-state index contributed by atoms with van der Waals surface area (Å²) in [6, 6.07) is 0. The minimum Gasteiger partial charge on any atom is -0.474 e. The molecule has 3 nitrogen and oxygen atoms in total. The highest BCUT2D eigenvalue weighted by molar-refractivity contribution is 6.76. The standard InChI is InChI=1S/C8H12Cl3NO2/c1-6(13-2)4-3-5-14-7(12)8(9,10)11/h3-4,6,12H,5H2,1-2H3/b4-3+,12-7?/t6-/m0/s1. The van der Waals surface area contributed by atoms with Crippen molar-refractivity contribution in [1.82, 2.24) is 0 Å². The molecule has 14 heavy (non-hydrogen) atoms. The van der Waals surface area contributed by atoms with E-state index in [1.54, 1.807) is 19.3 Å². The van der Waals surface area contributed by atoms with Gasteiger partial charge in [0.15, 0.2) is 0 Å². The molecule has 0 amide bonds. The molecule has 0 aliphatic carbocycles. The molecule has 1 N–H and O–H groups in total. The van der Waals surface area contributed by atoms with Crippen LogP contribution in [0.3, 0.4) is 0 Å². The highest BCUT2D eigenvalue weighted by atomic mass is 35.6. The van der Waals surface area contributed by atoms with Crippen molar-refractivity contribution in [3.63, 3.8) is 0 Å². The van der Waals surface area contributed by atoms with Crippen LogP contribution in [0.5, 0.6) is 0 Å². The largest absolute Gasteiger partial charge is 0.474 e. The van der Waals surface area contributed by atoms with Gasteiger partial charge in [0.25, 0.3) is 3.79 Å². The molecule has 0 fully saturated rings. The fraction of sp³-hybridized carbons (Fsp3) is 0.625. The first-order valence-electron chi connectivity index (χ1n) is 3.86. The van der Waals surface area contributed by atoms with Crippen molar-refractivity contribution in [2.24, 2.45) is 0 Å². The van der Waals surface area contributed by atoms with Crippen molar-refractivity contribution < 1.29 is 9.47 Å². The summed E-state index contributed by atoms with van der Waals surface area (Å²) in [6.45, 7) is 2.05. The molecular weight excluding hydrogens is 248 g/mol. The van der Waals surface area contributed by atoms with Crippen LogP contribution in [0.25, 0.3) is 0 Å². The summed E-state index contributed by atoms with van der Waals surface area (Å²) >= 11 is 16.2. The Hall–Kier alpha value is 0.0400. The fourth-order valence-electron chi connectivity index (χ4n) is 0.539. The van der Waals surface area contributed by atoms with E-state index in [1.165, 1.54) is 0 Å². The van der Waals surface area contributed by atoms with Gasteiger partial charge in [0.2, 0.25) is 5.90 Å². The van der Waals surface area contributed by atoms with E-state index in [1.807, 2.05) is 6.92 Å². The summed E-state index contributed by atoms with van der Waals surface area (Å²) in [6.07, 6.45) is 3.48. The maximum Gasteiger partial charge on any atom is 0.265 e. The van der Waals surface area contributed by atoms with Crippen LogP contribution in [-0.2, 0) is 9.47 Å². The smallest absolute Gasteiger partial charge is 0.265 e. The lowest BCUT2D eigenvalue weighted by Crippen LogP contribution is -2.21. The average molecular weight is 261 g/mol. The zero-order valence-electron chi connectivity index (χ0n) is 7.89. The highest BCUT2D eigenvalue weighted by Gasteiger charge is 2.28. The van der Waals surface area contributed by atoms with Gasteiger partial charge in [0.05, 0.1) is 6.10 Å². The average Bonchev–Trinajstić information content (AvgIpc) is 2.09. The second-order valence-corrected chi connectivity index (χ2v) is 4.79. The lowest BCUT2D eigenvalue weighted by atomic mass is 10.3. The van der Waals surface area contributed by atoms with Crippen molar-refractivity contribution >= 4 is 40.7 Å². The van der Waals surface area contributed by atoms with Crippen molar-refractivity contribution in [2.75, 3.05) is 13.7 Å². The number of alkyl halides is 3. The molecule has 0 bridgehead atoms. The summed E-state index contributed by atoms with van der Waals surface area (Å²) in [4.78, 5) is 0. The number of ether oxygens (including phenoxy) is 2. The molecule has 0 aromatic rings. The van der Waals surface area contributed by atoms with Crippen molar-refractivity contribution in [2.45, 2.75) is 16.8 Å². The fourth-order valence-corrected chi connectivity index (χ4v) is 0.703. The maximum absolute atomic E-state index is 7.19. The minimum atomic E-state index is -1.79.